The molecule has 118 valence electrons. The molecule has 1 aliphatic heterocycles. The van der Waals surface area contributed by atoms with Crippen molar-refractivity contribution >= 4 is 0 Å². The van der Waals surface area contributed by atoms with E-state index >= 15 is 0 Å². The number of fused-ring (bicyclic) bond motifs is 1. The molecule has 0 bridgehead atoms. The fourth-order valence-electron chi connectivity index (χ4n) is 3.51. The van der Waals surface area contributed by atoms with Crippen LogP contribution in [0, 0.1) is 11.8 Å². The average molecular weight is 290 g/mol. The molecule has 0 amide bonds. The zero-order valence-electron chi connectivity index (χ0n) is 13.7. The zero-order chi connectivity index (χ0) is 14.7. The van der Waals surface area contributed by atoms with E-state index in [2.05, 4.69) is 39.5 Å². The zero-order valence-corrected chi connectivity index (χ0v) is 13.7. The molecule has 0 spiro atoms. The first-order chi connectivity index (χ1) is 10.3. The molecule has 1 aromatic heterocycles. The van der Waals surface area contributed by atoms with E-state index in [1.807, 2.05) is 6.20 Å². The Kier molecular flexibility index (Phi) is 4.96. The van der Waals surface area contributed by atoms with E-state index in [1.165, 1.54) is 57.7 Å². The van der Waals surface area contributed by atoms with Gasteiger partial charge in [0.15, 0.2) is 0 Å². The van der Waals surface area contributed by atoms with Gasteiger partial charge in [-0.05, 0) is 56.8 Å². The molecule has 1 unspecified atom stereocenters. The van der Waals surface area contributed by atoms with Crippen molar-refractivity contribution in [3.05, 3.63) is 18.0 Å². The van der Waals surface area contributed by atoms with Gasteiger partial charge in [0.2, 0.25) is 0 Å². The summed E-state index contributed by atoms with van der Waals surface area (Å²) >= 11 is 0. The second-order valence-electron chi connectivity index (χ2n) is 6.82. The Bertz CT molecular complexity index is 434. The normalized spacial score (nSPS) is 23.3. The minimum absolute atomic E-state index is 0.741. The molecule has 0 N–H and O–H groups in total. The van der Waals surface area contributed by atoms with E-state index in [9.17, 15) is 0 Å². The minimum Gasteiger partial charge on any atom is -0.304 e. The summed E-state index contributed by atoms with van der Waals surface area (Å²) in [5.41, 5.74) is 1.40. The summed E-state index contributed by atoms with van der Waals surface area (Å²) < 4.78 is 2.25. The van der Waals surface area contributed by atoms with Crippen LogP contribution in [0.1, 0.15) is 38.8 Å². The lowest BCUT2D eigenvalue weighted by Gasteiger charge is -2.26. The molecule has 1 saturated carbocycles. The van der Waals surface area contributed by atoms with Crippen LogP contribution < -0.4 is 0 Å². The standard InChI is InChI=1S/C17H30N4/c1-3-19(4-2)10-8-16-12-20(11-15-5-6-15)14-17-7-9-18-21(17)13-16/h7,9,15-16H,3-6,8,10-14H2,1-2H3. The van der Waals surface area contributed by atoms with Gasteiger partial charge in [0.25, 0.3) is 0 Å². The highest BCUT2D eigenvalue weighted by molar-refractivity contribution is 5.02. The summed E-state index contributed by atoms with van der Waals surface area (Å²) in [6.07, 6.45) is 6.15. The summed E-state index contributed by atoms with van der Waals surface area (Å²) in [5.74, 6) is 1.72. The summed E-state index contributed by atoms with van der Waals surface area (Å²) in [4.78, 5) is 5.23. The van der Waals surface area contributed by atoms with Crippen molar-refractivity contribution < 1.29 is 0 Å². The van der Waals surface area contributed by atoms with Crippen LogP contribution in [0.25, 0.3) is 0 Å². The van der Waals surface area contributed by atoms with Crippen molar-refractivity contribution in [2.45, 2.75) is 46.2 Å². The Morgan fingerprint density at radius 2 is 2.00 bits per heavy atom. The van der Waals surface area contributed by atoms with E-state index < -0.39 is 0 Å². The van der Waals surface area contributed by atoms with Gasteiger partial charge in [-0.3, -0.25) is 9.58 Å². The van der Waals surface area contributed by atoms with Gasteiger partial charge in [-0.25, -0.2) is 0 Å². The fraction of sp³-hybridized carbons (Fsp3) is 0.824. The SMILES string of the molecule is CCN(CC)CCC1CN(CC2CC2)Cc2ccnn2C1. The first-order valence-corrected chi connectivity index (χ1v) is 8.73. The van der Waals surface area contributed by atoms with Crippen LogP contribution in [0.15, 0.2) is 12.3 Å². The highest BCUT2D eigenvalue weighted by Crippen LogP contribution is 2.31. The first-order valence-electron chi connectivity index (χ1n) is 8.73. The van der Waals surface area contributed by atoms with E-state index in [0.29, 0.717) is 0 Å². The highest BCUT2D eigenvalue weighted by Gasteiger charge is 2.28. The number of hydrogen-bond acceptors (Lipinski definition) is 3. The van der Waals surface area contributed by atoms with Gasteiger partial charge in [-0.1, -0.05) is 13.8 Å². The number of nitrogens with zero attached hydrogens (tertiary/aromatic N) is 4. The molecular formula is C17H30N4. The lowest BCUT2D eigenvalue weighted by Crippen LogP contribution is -2.32. The summed E-state index contributed by atoms with van der Waals surface area (Å²) in [6.45, 7) is 12.8. The maximum atomic E-state index is 4.54. The second kappa shape index (κ2) is 6.93. The van der Waals surface area contributed by atoms with Crippen LogP contribution in [-0.4, -0.2) is 52.3 Å². The average Bonchev–Trinajstić information content (AvgIpc) is 3.23. The van der Waals surface area contributed by atoms with Crippen LogP contribution in [0.2, 0.25) is 0 Å². The molecule has 1 fully saturated rings. The van der Waals surface area contributed by atoms with Crippen LogP contribution in [-0.2, 0) is 13.1 Å². The number of aromatic nitrogens is 2. The maximum Gasteiger partial charge on any atom is 0.0524 e. The van der Waals surface area contributed by atoms with Gasteiger partial charge >= 0.3 is 0 Å². The first kappa shape index (κ1) is 15.0. The molecule has 0 radical (unpaired) electrons. The third-order valence-electron chi connectivity index (χ3n) is 5.10. The molecule has 2 heterocycles. The van der Waals surface area contributed by atoms with E-state index in [0.717, 1.165) is 24.9 Å². The Labute approximate surface area is 129 Å². The molecule has 1 aromatic rings. The monoisotopic (exact) mass is 290 g/mol. The maximum absolute atomic E-state index is 4.54. The van der Waals surface area contributed by atoms with Crippen molar-refractivity contribution in [1.29, 1.82) is 0 Å². The molecule has 4 heteroatoms. The van der Waals surface area contributed by atoms with Gasteiger partial charge in [0, 0.05) is 32.4 Å². The molecule has 0 aromatic carbocycles. The minimum atomic E-state index is 0.741. The highest BCUT2D eigenvalue weighted by atomic mass is 15.3. The van der Waals surface area contributed by atoms with E-state index in [4.69, 9.17) is 0 Å². The largest absolute Gasteiger partial charge is 0.304 e. The molecule has 21 heavy (non-hydrogen) atoms. The Balaban J connectivity index is 1.61. The van der Waals surface area contributed by atoms with Gasteiger partial charge in [0.05, 0.1) is 5.69 Å². The molecule has 0 saturated heterocycles. The van der Waals surface area contributed by atoms with E-state index in [1.54, 1.807) is 0 Å². The Morgan fingerprint density at radius 3 is 2.71 bits per heavy atom. The van der Waals surface area contributed by atoms with Crippen LogP contribution in [0.5, 0.6) is 0 Å². The summed E-state index contributed by atoms with van der Waals surface area (Å²) in [7, 11) is 0. The van der Waals surface area contributed by atoms with Gasteiger partial charge in [-0.2, -0.15) is 5.10 Å². The predicted octanol–water partition coefficient (Wildman–Crippen LogP) is 2.46. The molecule has 1 aliphatic carbocycles. The fourth-order valence-corrected chi connectivity index (χ4v) is 3.51. The third-order valence-corrected chi connectivity index (χ3v) is 5.10. The quantitative estimate of drug-likeness (QED) is 0.771. The number of hydrogen-bond donors (Lipinski definition) is 0. The number of rotatable bonds is 7. The molecule has 1 atom stereocenters. The van der Waals surface area contributed by atoms with Gasteiger partial charge < -0.3 is 4.90 Å². The lowest BCUT2D eigenvalue weighted by molar-refractivity contribution is 0.196. The van der Waals surface area contributed by atoms with Gasteiger partial charge in [-0.15, -0.1) is 0 Å². The Morgan fingerprint density at radius 1 is 1.19 bits per heavy atom. The predicted molar refractivity (Wildman–Crippen MR) is 86.1 cm³/mol. The van der Waals surface area contributed by atoms with Crippen LogP contribution >= 0.6 is 0 Å². The topological polar surface area (TPSA) is 24.3 Å². The van der Waals surface area contributed by atoms with Crippen molar-refractivity contribution in [3.8, 4) is 0 Å². The second-order valence-corrected chi connectivity index (χ2v) is 6.82. The van der Waals surface area contributed by atoms with E-state index in [-0.39, 0.29) is 0 Å². The summed E-state index contributed by atoms with van der Waals surface area (Å²) in [6, 6.07) is 2.20. The Hall–Kier alpha value is -0.870. The molecule has 2 aliphatic rings. The van der Waals surface area contributed by atoms with Gasteiger partial charge in [0.1, 0.15) is 0 Å². The molecule has 3 rings (SSSR count). The van der Waals surface area contributed by atoms with Crippen LogP contribution in [0.4, 0.5) is 0 Å². The van der Waals surface area contributed by atoms with Crippen molar-refractivity contribution in [2.24, 2.45) is 11.8 Å². The summed E-state index contributed by atoms with van der Waals surface area (Å²) in [5, 5.41) is 4.54. The molecule has 4 nitrogen and oxygen atoms in total. The van der Waals surface area contributed by atoms with Crippen molar-refractivity contribution in [2.75, 3.05) is 32.7 Å². The van der Waals surface area contributed by atoms with Crippen molar-refractivity contribution in [3.63, 3.8) is 0 Å². The molecular weight excluding hydrogens is 260 g/mol. The third kappa shape index (κ3) is 4.07. The van der Waals surface area contributed by atoms with Crippen molar-refractivity contribution in [1.82, 2.24) is 19.6 Å². The van der Waals surface area contributed by atoms with Crippen LogP contribution in [0.3, 0.4) is 0 Å². The lowest BCUT2D eigenvalue weighted by atomic mass is 10.0. The smallest absolute Gasteiger partial charge is 0.0524 e.